The van der Waals surface area contributed by atoms with Crippen LogP contribution in [0.5, 0.6) is 0 Å². The smallest absolute Gasteiger partial charge is 0.329 e. The van der Waals surface area contributed by atoms with Crippen LogP contribution in [0.1, 0.15) is 5.69 Å². The molecule has 96 valence electrons. The highest BCUT2D eigenvalue weighted by Gasteiger charge is 2.26. The van der Waals surface area contributed by atoms with Crippen LogP contribution in [0.2, 0.25) is 5.15 Å². The Labute approximate surface area is 110 Å². The van der Waals surface area contributed by atoms with Crippen molar-refractivity contribution in [1.29, 1.82) is 0 Å². The molecule has 3 aromatic rings. The number of hydrogen-bond donors (Lipinski definition) is 1. The highest BCUT2D eigenvalue weighted by atomic mass is 35.5. The summed E-state index contributed by atoms with van der Waals surface area (Å²) in [6.45, 7) is 1.51. The van der Waals surface area contributed by atoms with Gasteiger partial charge >= 0.3 is 5.69 Å². The van der Waals surface area contributed by atoms with E-state index in [0.717, 1.165) is 0 Å². The molecule has 0 atom stereocenters. The van der Waals surface area contributed by atoms with Crippen LogP contribution in [0.3, 0.4) is 0 Å². The van der Waals surface area contributed by atoms with Crippen molar-refractivity contribution >= 4 is 28.5 Å². The summed E-state index contributed by atoms with van der Waals surface area (Å²) < 4.78 is 1.19. The van der Waals surface area contributed by atoms with Crippen LogP contribution < -0.4 is 0 Å². The maximum absolute atomic E-state index is 10.9. The fourth-order valence-electron chi connectivity index (χ4n) is 1.75. The largest absolute Gasteiger partial charge is 0.340 e. The van der Waals surface area contributed by atoms with Crippen molar-refractivity contribution in [3.8, 4) is 5.82 Å². The average Bonchev–Trinajstić information content (AvgIpc) is 2.93. The van der Waals surface area contributed by atoms with Crippen LogP contribution in [-0.2, 0) is 0 Å². The molecular formula is C9H6ClN7O2. The zero-order valence-electron chi connectivity index (χ0n) is 9.53. The Morgan fingerprint density at radius 1 is 1.42 bits per heavy atom. The van der Waals surface area contributed by atoms with Gasteiger partial charge in [-0.3, -0.25) is 10.1 Å². The maximum Gasteiger partial charge on any atom is 0.329 e. The summed E-state index contributed by atoms with van der Waals surface area (Å²) in [5.41, 5.74) is 0.896. The molecule has 0 aliphatic heterocycles. The number of halogens is 1. The van der Waals surface area contributed by atoms with Gasteiger partial charge in [0.05, 0.1) is 11.3 Å². The van der Waals surface area contributed by atoms with Gasteiger partial charge in [-0.25, -0.2) is 15.0 Å². The van der Waals surface area contributed by atoms with E-state index in [4.69, 9.17) is 11.6 Å². The standard InChI is InChI=1S/C9H6ClN7O2/c1-4-6(17(18)19)7(10)16(15-4)9-5-8(12-2-11-5)13-3-14-9/h2-3H,1H3,(H,11,12,13,14). The number of nitrogens with one attached hydrogen (secondary N) is 1. The molecule has 10 heteroatoms. The summed E-state index contributed by atoms with van der Waals surface area (Å²) in [4.78, 5) is 25.1. The van der Waals surface area contributed by atoms with E-state index >= 15 is 0 Å². The number of aryl methyl sites for hydroxylation is 1. The average molecular weight is 280 g/mol. The van der Waals surface area contributed by atoms with Gasteiger partial charge in [0.15, 0.2) is 11.5 Å². The first-order valence-corrected chi connectivity index (χ1v) is 5.51. The number of aromatic amines is 1. The van der Waals surface area contributed by atoms with Gasteiger partial charge in [-0.1, -0.05) is 11.6 Å². The van der Waals surface area contributed by atoms with Crippen LogP contribution >= 0.6 is 11.6 Å². The van der Waals surface area contributed by atoms with E-state index in [-0.39, 0.29) is 16.5 Å². The second-order valence-corrected chi connectivity index (χ2v) is 4.05. The summed E-state index contributed by atoms with van der Waals surface area (Å²) in [6.07, 6.45) is 2.74. The van der Waals surface area contributed by atoms with Crippen molar-refractivity contribution in [3.05, 3.63) is 33.6 Å². The number of nitrogens with zero attached hydrogens (tertiary/aromatic N) is 6. The van der Waals surface area contributed by atoms with E-state index in [1.165, 1.54) is 24.3 Å². The molecular weight excluding hydrogens is 274 g/mol. The van der Waals surface area contributed by atoms with Gasteiger partial charge in [0.25, 0.3) is 0 Å². The van der Waals surface area contributed by atoms with E-state index in [9.17, 15) is 10.1 Å². The Kier molecular flexibility index (Phi) is 2.42. The van der Waals surface area contributed by atoms with E-state index < -0.39 is 4.92 Å². The molecule has 9 nitrogen and oxygen atoms in total. The molecule has 0 saturated heterocycles. The first-order chi connectivity index (χ1) is 9.09. The lowest BCUT2D eigenvalue weighted by atomic mass is 10.4. The summed E-state index contributed by atoms with van der Waals surface area (Å²) >= 11 is 5.99. The molecule has 3 aromatic heterocycles. The van der Waals surface area contributed by atoms with Gasteiger partial charge in [0.1, 0.15) is 17.5 Å². The van der Waals surface area contributed by atoms with E-state index in [0.29, 0.717) is 17.0 Å². The molecule has 0 saturated carbocycles. The van der Waals surface area contributed by atoms with Gasteiger partial charge in [0, 0.05) is 0 Å². The monoisotopic (exact) mass is 279 g/mol. The van der Waals surface area contributed by atoms with Crippen molar-refractivity contribution in [2.45, 2.75) is 6.92 Å². The maximum atomic E-state index is 10.9. The lowest BCUT2D eigenvalue weighted by molar-refractivity contribution is -0.385. The first-order valence-electron chi connectivity index (χ1n) is 5.13. The lowest BCUT2D eigenvalue weighted by Crippen LogP contribution is -2.02. The Morgan fingerprint density at radius 3 is 2.89 bits per heavy atom. The number of imidazole rings is 1. The summed E-state index contributed by atoms with van der Waals surface area (Å²) in [5.74, 6) is 0.309. The highest BCUT2D eigenvalue weighted by molar-refractivity contribution is 6.32. The Morgan fingerprint density at radius 2 is 2.21 bits per heavy atom. The number of fused-ring (bicyclic) bond motifs is 1. The minimum absolute atomic E-state index is 0.114. The summed E-state index contributed by atoms with van der Waals surface area (Å²) in [5, 5.41) is 14.8. The molecule has 0 amide bonds. The van der Waals surface area contributed by atoms with Crippen LogP contribution in [0, 0.1) is 17.0 Å². The zero-order chi connectivity index (χ0) is 13.6. The van der Waals surface area contributed by atoms with Crippen LogP contribution in [0.15, 0.2) is 12.7 Å². The summed E-state index contributed by atoms with van der Waals surface area (Å²) in [6, 6.07) is 0. The van der Waals surface area contributed by atoms with Crippen LogP contribution in [0.4, 0.5) is 5.69 Å². The zero-order valence-corrected chi connectivity index (χ0v) is 10.3. The predicted molar refractivity (Wildman–Crippen MR) is 65.2 cm³/mol. The number of aromatic nitrogens is 6. The Hall–Kier alpha value is -2.55. The molecule has 0 unspecified atom stereocenters. The fraction of sp³-hybridized carbons (Fsp3) is 0.111. The Balaban J connectivity index is 2.31. The third kappa shape index (κ3) is 1.63. The molecule has 3 heterocycles. The Bertz CT molecular complexity index is 793. The topological polar surface area (TPSA) is 115 Å². The van der Waals surface area contributed by atoms with Gasteiger partial charge < -0.3 is 4.98 Å². The lowest BCUT2D eigenvalue weighted by Gasteiger charge is -2.01. The number of nitro groups is 1. The third-order valence-corrected chi connectivity index (χ3v) is 2.90. The van der Waals surface area contributed by atoms with Gasteiger partial charge in [-0.15, -0.1) is 0 Å². The van der Waals surface area contributed by atoms with Crippen molar-refractivity contribution in [1.82, 2.24) is 29.7 Å². The molecule has 0 aliphatic carbocycles. The van der Waals surface area contributed by atoms with Crippen molar-refractivity contribution in [3.63, 3.8) is 0 Å². The van der Waals surface area contributed by atoms with E-state index in [2.05, 4.69) is 25.0 Å². The number of rotatable bonds is 2. The SMILES string of the molecule is Cc1nn(-c2ncnc3nc[nH]c23)c(Cl)c1[N+](=O)[O-]. The molecule has 1 N–H and O–H groups in total. The molecule has 19 heavy (non-hydrogen) atoms. The third-order valence-electron chi connectivity index (χ3n) is 2.56. The minimum atomic E-state index is -0.577. The molecule has 0 bridgehead atoms. The molecule has 0 aliphatic rings. The number of H-pyrrole nitrogens is 1. The molecule has 0 fully saturated rings. The second kappa shape index (κ2) is 3.99. The van der Waals surface area contributed by atoms with Crippen molar-refractivity contribution in [2.75, 3.05) is 0 Å². The van der Waals surface area contributed by atoms with Crippen molar-refractivity contribution in [2.24, 2.45) is 0 Å². The van der Waals surface area contributed by atoms with Gasteiger partial charge in [-0.2, -0.15) is 9.78 Å². The van der Waals surface area contributed by atoms with Crippen molar-refractivity contribution < 1.29 is 4.92 Å². The molecule has 0 aromatic carbocycles. The molecule has 0 radical (unpaired) electrons. The minimum Gasteiger partial charge on any atom is -0.340 e. The normalized spacial score (nSPS) is 11.1. The number of hydrogen-bond acceptors (Lipinski definition) is 6. The second-order valence-electron chi connectivity index (χ2n) is 3.69. The fourth-order valence-corrected chi connectivity index (χ4v) is 2.08. The van der Waals surface area contributed by atoms with E-state index in [1.54, 1.807) is 0 Å². The van der Waals surface area contributed by atoms with Gasteiger partial charge in [0.2, 0.25) is 5.15 Å². The van der Waals surface area contributed by atoms with E-state index in [1.807, 2.05) is 0 Å². The van der Waals surface area contributed by atoms with Gasteiger partial charge in [-0.05, 0) is 6.92 Å². The van der Waals surface area contributed by atoms with Crippen LogP contribution in [0.25, 0.3) is 17.0 Å². The molecule has 3 rings (SSSR count). The summed E-state index contributed by atoms with van der Waals surface area (Å²) in [7, 11) is 0. The highest BCUT2D eigenvalue weighted by Crippen LogP contribution is 2.30. The first kappa shape index (κ1) is 11.5. The molecule has 0 spiro atoms. The quantitative estimate of drug-likeness (QED) is 0.560. The van der Waals surface area contributed by atoms with Crippen LogP contribution in [-0.4, -0.2) is 34.6 Å². The predicted octanol–water partition coefficient (Wildman–Crippen LogP) is 1.41.